The fourth-order valence-electron chi connectivity index (χ4n) is 1.92. The second-order valence-electron chi connectivity index (χ2n) is 4.53. The van der Waals surface area contributed by atoms with E-state index in [9.17, 15) is 9.59 Å². The summed E-state index contributed by atoms with van der Waals surface area (Å²) in [6, 6.07) is 14.1. The standard InChI is InChI=1S/C17H15BrO4/c1-21-16-8-7-13(15(19)10-18)9-14(16)17(20)22-11-12-5-3-2-4-6-12/h2-9H,10-11H2,1H3. The highest BCUT2D eigenvalue weighted by atomic mass is 79.9. The van der Waals surface area contributed by atoms with Crippen molar-refractivity contribution in [2.24, 2.45) is 0 Å². The average Bonchev–Trinajstić information content (AvgIpc) is 2.59. The van der Waals surface area contributed by atoms with Gasteiger partial charge in [-0.25, -0.2) is 4.79 Å². The van der Waals surface area contributed by atoms with Crippen LogP contribution in [0.15, 0.2) is 48.5 Å². The molecule has 0 N–H and O–H groups in total. The molecule has 0 aliphatic carbocycles. The summed E-state index contributed by atoms with van der Waals surface area (Å²) >= 11 is 3.11. The number of esters is 1. The van der Waals surface area contributed by atoms with Crippen LogP contribution in [-0.2, 0) is 11.3 Å². The van der Waals surface area contributed by atoms with Crippen molar-refractivity contribution in [3.63, 3.8) is 0 Å². The van der Waals surface area contributed by atoms with Crippen LogP contribution in [0.5, 0.6) is 5.75 Å². The molecule has 0 saturated heterocycles. The maximum Gasteiger partial charge on any atom is 0.342 e. The Morgan fingerprint density at radius 2 is 1.82 bits per heavy atom. The number of ether oxygens (including phenoxy) is 2. The number of carbonyl (C=O) groups excluding carboxylic acids is 2. The zero-order chi connectivity index (χ0) is 15.9. The highest BCUT2D eigenvalue weighted by molar-refractivity contribution is 9.09. The third-order valence-corrected chi connectivity index (χ3v) is 3.58. The van der Waals surface area contributed by atoms with Crippen molar-refractivity contribution in [1.82, 2.24) is 0 Å². The van der Waals surface area contributed by atoms with E-state index in [4.69, 9.17) is 9.47 Å². The smallest absolute Gasteiger partial charge is 0.342 e. The molecule has 0 aliphatic heterocycles. The fraction of sp³-hybridized carbons (Fsp3) is 0.176. The van der Waals surface area contributed by atoms with Gasteiger partial charge in [0.2, 0.25) is 0 Å². The second kappa shape index (κ2) is 7.75. The molecule has 0 bridgehead atoms. The highest BCUT2D eigenvalue weighted by Crippen LogP contribution is 2.22. The topological polar surface area (TPSA) is 52.6 Å². The lowest BCUT2D eigenvalue weighted by atomic mass is 10.1. The number of alkyl halides is 1. The minimum atomic E-state index is -0.523. The van der Waals surface area contributed by atoms with Crippen LogP contribution in [0, 0.1) is 0 Å². The molecule has 22 heavy (non-hydrogen) atoms. The Bertz CT molecular complexity index is 668. The summed E-state index contributed by atoms with van der Waals surface area (Å²) in [6.45, 7) is 0.166. The van der Waals surface area contributed by atoms with Crippen LogP contribution in [0.4, 0.5) is 0 Å². The SMILES string of the molecule is COc1ccc(C(=O)CBr)cc1C(=O)OCc1ccccc1. The molecule has 0 spiro atoms. The second-order valence-corrected chi connectivity index (χ2v) is 5.09. The van der Waals surface area contributed by atoms with Crippen LogP contribution in [0.1, 0.15) is 26.3 Å². The van der Waals surface area contributed by atoms with Crippen LogP contribution >= 0.6 is 15.9 Å². The van der Waals surface area contributed by atoms with Gasteiger partial charge < -0.3 is 9.47 Å². The molecule has 0 saturated carbocycles. The van der Waals surface area contributed by atoms with Gasteiger partial charge in [0.25, 0.3) is 0 Å². The molecule has 0 amide bonds. The van der Waals surface area contributed by atoms with E-state index >= 15 is 0 Å². The number of Topliss-reactive ketones (excluding diaryl/α,β-unsaturated/α-hetero) is 1. The minimum absolute atomic E-state index is 0.111. The lowest BCUT2D eigenvalue weighted by molar-refractivity contribution is 0.0469. The predicted molar refractivity (Wildman–Crippen MR) is 86.7 cm³/mol. The number of hydrogen-bond donors (Lipinski definition) is 0. The summed E-state index contributed by atoms with van der Waals surface area (Å²) in [5.41, 5.74) is 1.57. The summed E-state index contributed by atoms with van der Waals surface area (Å²) in [7, 11) is 1.47. The number of benzene rings is 2. The first kappa shape index (κ1) is 16.2. The van der Waals surface area contributed by atoms with E-state index in [0.29, 0.717) is 11.3 Å². The summed E-state index contributed by atoms with van der Waals surface area (Å²) in [5, 5.41) is 0.192. The van der Waals surface area contributed by atoms with E-state index < -0.39 is 5.97 Å². The molecule has 0 heterocycles. The van der Waals surface area contributed by atoms with Gasteiger partial charge in [0.15, 0.2) is 5.78 Å². The van der Waals surface area contributed by atoms with Gasteiger partial charge in [0.1, 0.15) is 17.9 Å². The van der Waals surface area contributed by atoms with Crippen LogP contribution < -0.4 is 4.74 Å². The van der Waals surface area contributed by atoms with E-state index in [1.807, 2.05) is 30.3 Å². The van der Waals surface area contributed by atoms with Crippen LogP contribution in [-0.4, -0.2) is 24.2 Å². The molecular formula is C17H15BrO4. The van der Waals surface area contributed by atoms with Gasteiger partial charge in [-0.2, -0.15) is 0 Å². The first-order valence-electron chi connectivity index (χ1n) is 6.64. The van der Waals surface area contributed by atoms with Gasteiger partial charge in [-0.15, -0.1) is 0 Å². The third kappa shape index (κ3) is 3.95. The number of rotatable bonds is 6. The van der Waals surface area contributed by atoms with E-state index in [1.54, 1.807) is 12.1 Å². The molecule has 5 heteroatoms. The van der Waals surface area contributed by atoms with Gasteiger partial charge in [-0.1, -0.05) is 46.3 Å². The Labute approximate surface area is 137 Å². The largest absolute Gasteiger partial charge is 0.496 e. The molecule has 2 aromatic carbocycles. The molecule has 0 unspecified atom stereocenters. The van der Waals surface area contributed by atoms with Gasteiger partial charge in [-0.3, -0.25) is 4.79 Å². The van der Waals surface area contributed by atoms with Crippen LogP contribution in [0.3, 0.4) is 0 Å². The summed E-state index contributed by atoms with van der Waals surface area (Å²) in [5.74, 6) is -0.256. The zero-order valence-corrected chi connectivity index (χ0v) is 13.6. The summed E-state index contributed by atoms with van der Waals surface area (Å²) in [4.78, 5) is 24.0. The van der Waals surface area contributed by atoms with Crippen molar-refractivity contribution in [1.29, 1.82) is 0 Å². The summed E-state index contributed by atoms with van der Waals surface area (Å²) < 4.78 is 10.4. The normalized spacial score (nSPS) is 10.1. The van der Waals surface area contributed by atoms with Crippen molar-refractivity contribution < 1.29 is 19.1 Å². The molecule has 0 aromatic heterocycles. The minimum Gasteiger partial charge on any atom is -0.496 e. The number of hydrogen-bond acceptors (Lipinski definition) is 4. The molecular weight excluding hydrogens is 348 g/mol. The van der Waals surface area contributed by atoms with Crippen molar-refractivity contribution >= 4 is 27.7 Å². The van der Waals surface area contributed by atoms with Crippen LogP contribution in [0.2, 0.25) is 0 Å². The predicted octanol–water partition coefficient (Wildman–Crippen LogP) is 3.63. The van der Waals surface area contributed by atoms with Gasteiger partial charge in [0, 0.05) is 5.56 Å². The number of halogens is 1. The van der Waals surface area contributed by atoms with E-state index in [2.05, 4.69) is 15.9 Å². The number of methoxy groups -OCH3 is 1. The van der Waals surface area contributed by atoms with E-state index in [-0.39, 0.29) is 23.3 Å². The lowest BCUT2D eigenvalue weighted by Crippen LogP contribution is -2.09. The molecule has 0 atom stereocenters. The fourth-order valence-corrected chi connectivity index (χ4v) is 2.24. The maximum absolute atomic E-state index is 12.2. The quantitative estimate of drug-likeness (QED) is 0.447. The Kier molecular flexibility index (Phi) is 5.72. The molecule has 0 fully saturated rings. The van der Waals surface area contributed by atoms with Crippen molar-refractivity contribution in [2.45, 2.75) is 6.61 Å². The number of carbonyl (C=O) groups is 2. The lowest BCUT2D eigenvalue weighted by Gasteiger charge is -2.10. The van der Waals surface area contributed by atoms with Gasteiger partial charge in [0.05, 0.1) is 12.4 Å². The Morgan fingerprint density at radius 3 is 2.45 bits per heavy atom. The zero-order valence-electron chi connectivity index (χ0n) is 12.0. The van der Waals surface area contributed by atoms with Gasteiger partial charge in [-0.05, 0) is 23.8 Å². The third-order valence-electron chi connectivity index (χ3n) is 3.08. The maximum atomic E-state index is 12.2. The molecule has 2 rings (SSSR count). The van der Waals surface area contributed by atoms with Crippen LogP contribution in [0.25, 0.3) is 0 Å². The molecule has 2 aromatic rings. The average molecular weight is 363 g/mol. The van der Waals surface area contributed by atoms with E-state index in [1.165, 1.54) is 13.2 Å². The Hall–Kier alpha value is -2.14. The monoisotopic (exact) mass is 362 g/mol. The Balaban J connectivity index is 2.18. The number of ketones is 1. The highest BCUT2D eigenvalue weighted by Gasteiger charge is 2.17. The van der Waals surface area contributed by atoms with Crippen molar-refractivity contribution in [3.05, 3.63) is 65.2 Å². The molecule has 0 radical (unpaired) electrons. The van der Waals surface area contributed by atoms with Crippen molar-refractivity contribution in [2.75, 3.05) is 12.4 Å². The first-order chi connectivity index (χ1) is 10.7. The van der Waals surface area contributed by atoms with Gasteiger partial charge >= 0.3 is 5.97 Å². The molecule has 4 nitrogen and oxygen atoms in total. The summed E-state index contributed by atoms with van der Waals surface area (Å²) in [6.07, 6.45) is 0. The molecule has 114 valence electrons. The Morgan fingerprint density at radius 1 is 1.09 bits per heavy atom. The first-order valence-corrected chi connectivity index (χ1v) is 7.76. The van der Waals surface area contributed by atoms with Crippen molar-refractivity contribution in [3.8, 4) is 5.75 Å². The molecule has 0 aliphatic rings. The van der Waals surface area contributed by atoms with E-state index in [0.717, 1.165) is 5.56 Å².